The molecule has 1 saturated heterocycles. The third kappa shape index (κ3) is 19.6. The van der Waals surface area contributed by atoms with Crippen molar-refractivity contribution in [3.05, 3.63) is 100 Å². The molecule has 458 valence electrons. The first-order valence-electron chi connectivity index (χ1n) is 27.1. The number of anilines is 2. The second kappa shape index (κ2) is 30.3. The number of rotatable bonds is 27. The van der Waals surface area contributed by atoms with Crippen LogP contribution in [0.3, 0.4) is 0 Å². The fourth-order valence-corrected chi connectivity index (χ4v) is 10.3. The van der Waals surface area contributed by atoms with E-state index in [0.717, 1.165) is 12.8 Å². The molecule has 2 aliphatic rings. The molecular weight excluding hydrogens is 1150 g/mol. The van der Waals surface area contributed by atoms with E-state index in [-0.39, 0.29) is 92.8 Å². The molecule has 7 amide bonds. The molecule has 8 atom stereocenters. The topological polar surface area (TPSA) is 403 Å². The van der Waals surface area contributed by atoms with E-state index in [1.807, 2.05) is 0 Å². The van der Waals surface area contributed by atoms with E-state index in [1.165, 1.54) is 35.2 Å². The fourth-order valence-electron chi connectivity index (χ4n) is 9.16. The standard InChI is InChI=1S/C53H69N13O17P2/c1-30(2)41(61-51(72)82-53(3,4)5)46(69)60-38(12-9-20-56-49(54)71)45(68)59-34-16-13-31(14-17-34)25-77-52(73)65(6)24-33-10-7-8-11-37(33)44(67)63-50-62-43-42(47(70)64-50)58-29-66(43)48-39(23-36(81-48)27-78-84(74)75)83-85(76)79-26-32-15-18-35(22-32)80-40-19-21-55-28-57-40/h7-8,10-11,13-14,16-17,19,21,28-30,32,35-36,38-39,41,48,74-75H,9,12,15,18,20,22-27H2,1-6H3,(H7-,54,56,59,60,61,62,63,64,67,68,69,70,71,72)/p+1/t32-,35+,36+,38+,39-,41+,48-/m1/s1. The van der Waals surface area contributed by atoms with Crippen LogP contribution in [0.4, 0.5) is 26.0 Å². The Balaban J connectivity index is 0.940. The molecule has 5 aromatic rings. The van der Waals surface area contributed by atoms with Crippen LogP contribution in [-0.2, 0) is 55.1 Å². The third-order valence-electron chi connectivity index (χ3n) is 13.2. The molecule has 1 aliphatic carbocycles. The smallest absolute Gasteiger partial charge is 0.474 e. The average Bonchev–Trinajstić information content (AvgIpc) is 3.50. The molecule has 85 heavy (non-hydrogen) atoms. The molecule has 0 radical (unpaired) electrons. The number of imidazole rings is 1. The Kier molecular flexibility index (Phi) is 23.1. The number of hydrogen-bond acceptors (Lipinski definition) is 21. The highest BCUT2D eigenvalue weighted by Gasteiger charge is 2.45. The van der Waals surface area contributed by atoms with Gasteiger partial charge in [-0.2, -0.15) is 4.98 Å². The molecule has 3 aromatic heterocycles. The zero-order valence-corrected chi connectivity index (χ0v) is 49.3. The van der Waals surface area contributed by atoms with Gasteiger partial charge in [-0.1, -0.05) is 44.2 Å². The fraction of sp³-hybridized carbons (Fsp3) is 0.491. The number of ether oxygens (including phenoxy) is 4. The molecule has 0 bridgehead atoms. The second-order valence-electron chi connectivity index (χ2n) is 21.4. The molecule has 2 aromatic carbocycles. The van der Waals surface area contributed by atoms with Crippen LogP contribution in [0.1, 0.15) is 101 Å². The van der Waals surface area contributed by atoms with Gasteiger partial charge in [0.05, 0.1) is 19.0 Å². The van der Waals surface area contributed by atoms with Gasteiger partial charge in [-0.05, 0) is 94.0 Å². The minimum Gasteiger partial charge on any atom is -0.474 e. The van der Waals surface area contributed by atoms with Gasteiger partial charge in [-0.15, -0.1) is 9.05 Å². The zero-order chi connectivity index (χ0) is 61.4. The van der Waals surface area contributed by atoms with Gasteiger partial charge in [-0.25, -0.2) is 29.3 Å². The van der Waals surface area contributed by atoms with Crippen LogP contribution in [0.5, 0.6) is 5.88 Å². The number of H-pyrrole nitrogens is 1. The Morgan fingerprint density at radius 1 is 0.976 bits per heavy atom. The summed E-state index contributed by atoms with van der Waals surface area (Å²) in [5.74, 6) is -2.10. The summed E-state index contributed by atoms with van der Waals surface area (Å²) in [6.07, 6.45) is 2.16. The van der Waals surface area contributed by atoms with Crippen LogP contribution in [0.15, 0.2) is 78.2 Å². The summed E-state index contributed by atoms with van der Waals surface area (Å²) in [6.45, 7) is 8.18. The molecule has 7 rings (SSSR count). The van der Waals surface area contributed by atoms with Crippen molar-refractivity contribution in [2.75, 3.05) is 37.4 Å². The number of carbonyl (C=O) groups is 6. The lowest BCUT2D eigenvalue weighted by Crippen LogP contribution is -2.55. The third-order valence-corrected chi connectivity index (χ3v) is 14.4. The number of benzene rings is 2. The highest BCUT2D eigenvalue weighted by Crippen LogP contribution is 2.41. The number of urea groups is 1. The van der Waals surface area contributed by atoms with Gasteiger partial charge in [0.25, 0.3) is 11.5 Å². The summed E-state index contributed by atoms with van der Waals surface area (Å²) in [4.78, 5) is 131. The molecule has 4 heterocycles. The lowest BCUT2D eigenvalue weighted by molar-refractivity contribution is -0.128. The number of primary amides is 1. The Bertz CT molecular complexity index is 3190. The number of nitrogens with two attached hydrogens (primary N) is 1. The van der Waals surface area contributed by atoms with Gasteiger partial charge in [0, 0.05) is 54.6 Å². The lowest BCUT2D eigenvalue weighted by Gasteiger charge is -2.27. The van der Waals surface area contributed by atoms with Gasteiger partial charge in [0.1, 0.15) is 43.3 Å². The maximum absolute atomic E-state index is 13.9. The largest absolute Gasteiger partial charge is 0.697 e. The van der Waals surface area contributed by atoms with E-state index in [4.69, 9.17) is 38.3 Å². The zero-order valence-electron chi connectivity index (χ0n) is 47.5. The maximum Gasteiger partial charge on any atom is 0.697 e. The predicted octanol–water partition coefficient (Wildman–Crippen LogP) is 5.17. The van der Waals surface area contributed by atoms with E-state index < -0.39 is 94.5 Å². The number of amides is 7. The van der Waals surface area contributed by atoms with Crippen LogP contribution in [0.2, 0.25) is 0 Å². The lowest BCUT2D eigenvalue weighted by atomic mass is 10.0. The summed E-state index contributed by atoms with van der Waals surface area (Å²) in [5.41, 5.74) is 4.87. The van der Waals surface area contributed by atoms with Gasteiger partial charge < -0.3 is 65.2 Å². The summed E-state index contributed by atoms with van der Waals surface area (Å²) in [6, 6.07) is 11.6. The van der Waals surface area contributed by atoms with Crippen molar-refractivity contribution in [2.45, 2.75) is 129 Å². The van der Waals surface area contributed by atoms with E-state index in [0.29, 0.717) is 29.1 Å². The van der Waals surface area contributed by atoms with Crippen molar-refractivity contribution in [2.24, 2.45) is 17.6 Å². The molecule has 10 N–H and O–H groups in total. The summed E-state index contributed by atoms with van der Waals surface area (Å²) in [7, 11) is -4.00. The molecule has 1 aliphatic heterocycles. The van der Waals surface area contributed by atoms with Crippen molar-refractivity contribution in [3.63, 3.8) is 0 Å². The Hall–Kier alpha value is -7.82. The van der Waals surface area contributed by atoms with E-state index in [2.05, 4.69) is 51.5 Å². The number of aromatic amines is 1. The number of aromatic nitrogens is 6. The highest BCUT2D eigenvalue weighted by molar-refractivity contribution is 7.39. The average molecular weight is 1220 g/mol. The molecule has 1 unspecified atom stereocenters. The number of nitrogens with zero attached hydrogens (tertiary/aromatic N) is 6. The first kappa shape index (κ1) is 64.7. The van der Waals surface area contributed by atoms with Crippen molar-refractivity contribution in [1.82, 2.24) is 50.3 Å². The van der Waals surface area contributed by atoms with Crippen LogP contribution in [0, 0.1) is 11.8 Å². The first-order valence-corrected chi connectivity index (χ1v) is 29.4. The van der Waals surface area contributed by atoms with Crippen LogP contribution in [0.25, 0.3) is 11.2 Å². The maximum atomic E-state index is 13.9. The molecular formula is C53H70N13O17P2+. The summed E-state index contributed by atoms with van der Waals surface area (Å²) in [5, 5.41) is 13.1. The van der Waals surface area contributed by atoms with Crippen molar-refractivity contribution >= 4 is 75.6 Å². The van der Waals surface area contributed by atoms with Crippen LogP contribution >= 0.6 is 16.9 Å². The van der Waals surface area contributed by atoms with Crippen molar-refractivity contribution in [1.29, 1.82) is 0 Å². The van der Waals surface area contributed by atoms with Crippen molar-refractivity contribution in [3.8, 4) is 5.88 Å². The summed E-state index contributed by atoms with van der Waals surface area (Å²) < 4.78 is 54.3. The van der Waals surface area contributed by atoms with E-state index >= 15 is 0 Å². The minimum absolute atomic E-state index is 0.0220. The molecule has 0 spiro atoms. The second-order valence-corrected chi connectivity index (χ2v) is 23.1. The van der Waals surface area contributed by atoms with Gasteiger partial charge in [0.2, 0.25) is 23.6 Å². The SMILES string of the molecule is CC(C)[C@H](NC(=O)OC(C)(C)C)C(=O)N[C@@H](CCCNC(N)=O)C(=O)Nc1ccc(COC(=O)N(C)Cc2ccccc2C(=O)Nc2nc3c(ncn3[C@@H]3O[C@H](COP(O)O)C[C@H]3O[P+](=O)OC[C@@H]3CC[C@H](Oc4ccncn4)C3)c(=O)[nH]2)cc1. The minimum atomic E-state index is -2.74. The van der Waals surface area contributed by atoms with Crippen LogP contribution < -0.4 is 42.6 Å². The number of fused-ring (bicyclic) bond motifs is 1. The Morgan fingerprint density at radius 3 is 2.45 bits per heavy atom. The quantitative estimate of drug-likeness (QED) is 0.0242. The normalized spacial score (nSPS) is 18.5. The van der Waals surface area contributed by atoms with E-state index in [1.54, 1.807) is 89.3 Å². The first-order chi connectivity index (χ1) is 40.5. The molecule has 32 heteroatoms. The molecule has 1 saturated carbocycles. The van der Waals surface area contributed by atoms with Gasteiger partial charge in [-0.3, -0.25) is 34.0 Å². The number of carbonyl (C=O) groups excluding carboxylic acids is 6. The van der Waals surface area contributed by atoms with Gasteiger partial charge in [0.15, 0.2) is 23.5 Å². The number of hydrogen-bond donors (Lipinski definition) is 9. The Labute approximate surface area is 489 Å². The Morgan fingerprint density at radius 2 is 1.74 bits per heavy atom. The summed E-state index contributed by atoms with van der Waals surface area (Å²) >= 11 is 0. The number of nitrogens with one attached hydrogen (secondary N) is 6. The van der Waals surface area contributed by atoms with E-state index in [9.17, 15) is 47.9 Å². The predicted molar refractivity (Wildman–Crippen MR) is 304 cm³/mol. The van der Waals surface area contributed by atoms with Gasteiger partial charge >= 0.3 is 35.1 Å². The molecule has 30 nitrogen and oxygen atoms in total. The monoisotopic (exact) mass is 1220 g/mol. The van der Waals surface area contributed by atoms with Crippen molar-refractivity contribution < 1.29 is 75.6 Å². The number of alkyl carbamates (subject to hydrolysis) is 1. The highest BCUT2D eigenvalue weighted by atomic mass is 31.2. The molecule has 2 fully saturated rings. The van der Waals surface area contributed by atoms with Crippen LogP contribution in [-0.4, -0.2) is 143 Å².